The number of hydrogen-bond donors (Lipinski definition) is 2. The molecule has 1 aromatic heterocycles. The molecule has 2 saturated carbocycles. The Morgan fingerprint density at radius 2 is 2.00 bits per heavy atom. The fourth-order valence-corrected chi connectivity index (χ4v) is 5.83. The molecule has 2 fully saturated rings. The average molecular weight is 458 g/mol. The van der Waals surface area contributed by atoms with Crippen LogP contribution in [0, 0.1) is 17.8 Å². The lowest BCUT2D eigenvalue weighted by molar-refractivity contribution is -0.119. The molecule has 4 atom stereocenters. The third-order valence-corrected chi connectivity index (χ3v) is 7.92. The minimum absolute atomic E-state index is 0.0185. The fourth-order valence-electron chi connectivity index (χ4n) is 5.14. The second kappa shape index (κ2) is 9.33. The van der Waals surface area contributed by atoms with Gasteiger partial charge in [0.25, 0.3) is 0 Å². The highest BCUT2D eigenvalue weighted by Crippen LogP contribution is 2.49. The summed E-state index contributed by atoms with van der Waals surface area (Å²) in [7, 11) is 0. The largest absolute Gasteiger partial charge is 0.486 e. The number of fused-ring (bicyclic) bond motifs is 2. The van der Waals surface area contributed by atoms with Crippen molar-refractivity contribution < 1.29 is 9.53 Å². The van der Waals surface area contributed by atoms with Crippen molar-refractivity contribution in [2.24, 2.45) is 17.8 Å². The summed E-state index contributed by atoms with van der Waals surface area (Å²) in [6.45, 7) is 8.89. The van der Waals surface area contributed by atoms with Crippen molar-refractivity contribution in [3.8, 4) is 5.75 Å². The van der Waals surface area contributed by atoms with Crippen molar-refractivity contribution in [1.29, 1.82) is 0 Å². The number of carbonyl (C=O) groups is 1. The zero-order valence-corrected chi connectivity index (χ0v) is 20.3. The van der Waals surface area contributed by atoms with Crippen LogP contribution in [-0.4, -0.2) is 32.6 Å². The summed E-state index contributed by atoms with van der Waals surface area (Å²) >= 11 is 1.30. The SMILES string of the molecule is C[C@H](NC(=O)CSc1nnc(COc2ccc(C(C)(C)C)cc2)n1N)[C@@H]1C[C@H]2CC[C@H]1C2. The highest BCUT2D eigenvalue weighted by atomic mass is 32.2. The second-order valence-electron chi connectivity index (χ2n) is 10.3. The summed E-state index contributed by atoms with van der Waals surface area (Å²) < 4.78 is 7.22. The number of nitrogens with two attached hydrogens (primary N) is 1. The van der Waals surface area contributed by atoms with Crippen LogP contribution in [-0.2, 0) is 16.8 Å². The van der Waals surface area contributed by atoms with Gasteiger partial charge in [0.05, 0.1) is 5.75 Å². The third kappa shape index (κ3) is 5.22. The van der Waals surface area contributed by atoms with Gasteiger partial charge in [-0.25, -0.2) is 4.68 Å². The van der Waals surface area contributed by atoms with Gasteiger partial charge in [-0.05, 0) is 67.1 Å². The molecule has 3 N–H and O–H groups in total. The van der Waals surface area contributed by atoms with Crippen LogP contribution in [0.1, 0.15) is 64.8 Å². The van der Waals surface area contributed by atoms with Crippen molar-refractivity contribution in [2.75, 3.05) is 11.6 Å². The summed E-state index contributed by atoms with van der Waals surface area (Å²) in [6, 6.07) is 8.27. The highest BCUT2D eigenvalue weighted by molar-refractivity contribution is 7.99. The summed E-state index contributed by atoms with van der Waals surface area (Å²) in [5, 5.41) is 11.9. The molecule has 2 aliphatic rings. The molecule has 1 heterocycles. The Labute approximate surface area is 194 Å². The molecule has 0 saturated heterocycles. The van der Waals surface area contributed by atoms with E-state index >= 15 is 0 Å². The van der Waals surface area contributed by atoms with Crippen molar-refractivity contribution in [3.63, 3.8) is 0 Å². The molecule has 2 aromatic rings. The first kappa shape index (κ1) is 23.0. The molecular formula is C24H35N5O2S. The zero-order chi connectivity index (χ0) is 22.9. The van der Waals surface area contributed by atoms with Crippen LogP contribution >= 0.6 is 11.8 Å². The quantitative estimate of drug-likeness (QED) is 0.461. The normalized spacial score (nSPS) is 23.3. The lowest BCUT2D eigenvalue weighted by atomic mass is 9.84. The lowest BCUT2D eigenvalue weighted by Crippen LogP contribution is -2.41. The Bertz CT molecular complexity index is 937. The monoisotopic (exact) mass is 457 g/mol. The zero-order valence-electron chi connectivity index (χ0n) is 19.5. The Morgan fingerprint density at radius 3 is 2.62 bits per heavy atom. The van der Waals surface area contributed by atoms with E-state index < -0.39 is 0 Å². The first-order valence-electron chi connectivity index (χ1n) is 11.6. The predicted octanol–water partition coefficient (Wildman–Crippen LogP) is 3.90. The van der Waals surface area contributed by atoms with Gasteiger partial charge in [0.1, 0.15) is 12.4 Å². The molecule has 1 amide bonds. The van der Waals surface area contributed by atoms with E-state index in [-0.39, 0.29) is 29.7 Å². The molecule has 8 heteroatoms. The van der Waals surface area contributed by atoms with Gasteiger partial charge in [-0.2, -0.15) is 0 Å². The summed E-state index contributed by atoms with van der Waals surface area (Å²) in [4.78, 5) is 12.5. The molecule has 0 aliphatic heterocycles. The van der Waals surface area contributed by atoms with E-state index in [0.717, 1.165) is 17.6 Å². The highest BCUT2D eigenvalue weighted by Gasteiger charge is 2.42. The minimum Gasteiger partial charge on any atom is -0.486 e. The minimum atomic E-state index is 0.0185. The fraction of sp³-hybridized carbons (Fsp3) is 0.625. The van der Waals surface area contributed by atoms with Gasteiger partial charge in [-0.15, -0.1) is 10.2 Å². The topological polar surface area (TPSA) is 95.1 Å². The Hall–Kier alpha value is -2.22. The number of hydrogen-bond acceptors (Lipinski definition) is 6. The van der Waals surface area contributed by atoms with Crippen LogP contribution in [0.4, 0.5) is 0 Å². The predicted molar refractivity (Wildman–Crippen MR) is 127 cm³/mol. The van der Waals surface area contributed by atoms with Gasteiger partial charge < -0.3 is 15.9 Å². The smallest absolute Gasteiger partial charge is 0.230 e. The maximum atomic E-state index is 12.5. The van der Waals surface area contributed by atoms with Gasteiger partial charge in [0.2, 0.25) is 11.1 Å². The number of aromatic nitrogens is 3. The standard InChI is InChI=1S/C24H35N5O2S/c1-15(20-12-16-5-6-17(20)11-16)26-22(30)14-32-23-28-27-21(29(23)25)13-31-19-9-7-18(8-10-19)24(2,3)4/h7-10,15-17,20H,5-6,11-14,25H2,1-4H3,(H,26,30)/t15-,16-,17-,20-/m0/s1. The Balaban J connectivity index is 1.24. The summed E-state index contributed by atoms with van der Waals surface area (Å²) in [5.74, 6) is 10.0. The van der Waals surface area contributed by atoms with E-state index in [2.05, 4.69) is 55.3 Å². The number of benzene rings is 1. The maximum Gasteiger partial charge on any atom is 0.230 e. The van der Waals surface area contributed by atoms with Gasteiger partial charge in [0.15, 0.2) is 5.82 Å². The first-order valence-corrected chi connectivity index (χ1v) is 12.5. The molecule has 174 valence electrons. The molecule has 32 heavy (non-hydrogen) atoms. The second-order valence-corrected chi connectivity index (χ2v) is 11.3. The molecule has 7 nitrogen and oxygen atoms in total. The van der Waals surface area contributed by atoms with Gasteiger partial charge in [-0.1, -0.05) is 51.1 Å². The average Bonchev–Trinajstić information content (AvgIpc) is 3.47. The molecule has 4 rings (SSSR count). The van der Waals surface area contributed by atoms with Crippen LogP contribution in [0.2, 0.25) is 0 Å². The number of nitrogens with zero attached hydrogens (tertiary/aromatic N) is 3. The molecule has 0 radical (unpaired) electrons. The van der Waals surface area contributed by atoms with Crippen LogP contribution in [0.25, 0.3) is 0 Å². The number of nitrogen functional groups attached to an aromatic ring is 1. The van der Waals surface area contributed by atoms with Gasteiger partial charge in [0, 0.05) is 6.04 Å². The molecular weight excluding hydrogens is 422 g/mol. The van der Waals surface area contributed by atoms with Crippen molar-refractivity contribution in [2.45, 2.75) is 76.6 Å². The molecule has 2 aliphatic carbocycles. The van der Waals surface area contributed by atoms with Crippen LogP contribution in [0.15, 0.2) is 29.4 Å². The lowest BCUT2D eigenvalue weighted by Gasteiger charge is -2.28. The van der Waals surface area contributed by atoms with Gasteiger partial charge in [-0.3, -0.25) is 4.79 Å². The van der Waals surface area contributed by atoms with Crippen molar-refractivity contribution in [1.82, 2.24) is 20.2 Å². The Kier molecular flexibility index (Phi) is 6.70. The summed E-state index contributed by atoms with van der Waals surface area (Å²) in [5.41, 5.74) is 1.35. The molecule has 2 bridgehead atoms. The van der Waals surface area contributed by atoms with E-state index in [1.165, 1.54) is 47.7 Å². The van der Waals surface area contributed by atoms with E-state index in [9.17, 15) is 4.79 Å². The molecule has 0 spiro atoms. The maximum absolute atomic E-state index is 12.5. The van der Waals surface area contributed by atoms with Crippen molar-refractivity contribution in [3.05, 3.63) is 35.7 Å². The van der Waals surface area contributed by atoms with Crippen molar-refractivity contribution >= 4 is 17.7 Å². The van der Waals surface area contributed by atoms with E-state index in [4.69, 9.17) is 10.6 Å². The first-order chi connectivity index (χ1) is 15.2. The number of rotatable bonds is 8. The van der Waals surface area contributed by atoms with Crippen LogP contribution in [0.5, 0.6) is 5.75 Å². The number of carbonyl (C=O) groups excluding carboxylic acids is 1. The van der Waals surface area contributed by atoms with Crippen LogP contribution in [0.3, 0.4) is 0 Å². The Morgan fingerprint density at radius 1 is 1.25 bits per heavy atom. The molecule has 1 aromatic carbocycles. The number of thioether (sulfide) groups is 1. The number of nitrogens with one attached hydrogen (secondary N) is 1. The summed E-state index contributed by atoms with van der Waals surface area (Å²) in [6.07, 6.45) is 5.31. The van der Waals surface area contributed by atoms with Crippen LogP contribution < -0.4 is 15.9 Å². The number of ether oxygens (including phenoxy) is 1. The number of amides is 1. The van der Waals surface area contributed by atoms with E-state index in [1.807, 2.05) is 12.1 Å². The van der Waals surface area contributed by atoms with Gasteiger partial charge >= 0.3 is 0 Å². The van der Waals surface area contributed by atoms with E-state index in [1.54, 1.807) is 0 Å². The van der Waals surface area contributed by atoms with E-state index in [0.29, 0.717) is 16.9 Å². The third-order valence-electron chi connectivity index (χ3n) is 6.98. The molecule has 0 unspecified atom stereocenters.